The smallest absolute Gasteiger partial charge is 0.0597 e. The molecule has 0 heterocycles. The molecule has 0 aliphatic rings. The van der Waals surface area contributed by atoms with Gasteiger partial charge in [-0.05, 0) is 26.0 Å². The van der Waals surface area contributed by atoms with Crippen molar-refractivity contribution in [2.75, 3.05) is 12.4 Å². The van der Waals surface area contributed by atoms with Crippen LogP contribution in [0, 0.1) is 0 Å². The number of hydrogen-bond acceptors (Lipinski definition) is 1. The van der Waals surface area contributed by atoms with E-state index in [2.05, 4.69) is 13.5 Å². The summed E-state index contributed by atoms with van der Waals surface area (Å²) < 4.78 is 5.05. The summed E-state index contributed by atoms with van der Waals surface area (Å²) in [4.78, 5) is 0. The van der Waals surface area contributed by atoms with Crippen molar-refractivity contribution in [3.05, 3.63) is 12.2 Å². The van der Waals surface area contributed by atoms with E-state index in [-0.39, 0.29) is 0 Å². The molecule has 60 valence electrons. The van der Waals surface area contributed by atoms with Crippen molar-refractivity contribution >= 4 is 16.9 Å². The Labute approximate surface area is 67.0 Å². The molecule has 0 aliphatic heterocycles. The zero-order valence-electron chi connectivity index (χ0n) is 6.76. The zero-order valence-corrected chi connectivity index (χ0v) is 7.66. The fraction of sp³-hybridized carbons (Fsp3) is 0.625. The third-order valence-corrected chi connectivity index (χ3v) is 1.76. The van der Waals surface area contributed by atoms with E-state index in [1.807, 2.05) is 12.5 Å². The van der Waals surface area contributed by atoms with Crippen molar-refractivity contribution in [3.8, 4) is 0 Å². The first-order chi connectivity index (χ1) is 4.77. The maximum absolute atomic E-state index is 5.05. The molecule has 0 amide bonds. The van der Waals surface area contributed by atoms with Gasteiger partial charge in [-0.25, -0.2) is 0 Å². The van der Waals surface area contributed by atoms with Gasteiger partial charge in [0.15, 0.2) is 0 Å². The third-order valence-electron chi connectivity index (χ3n) is 0.983. The van der Waals surface area contributed by atoms with Crippen LogP contribution >= 0.6 is 11.4 Å². The standard InChI is InChI=1S/C8H16OS/c1-4-9-7-10-6-5-8(2)3/h7,10H,2,4-6H2,1,3H3. The number of ether oxygens (including phenoxy) is 1. The minimum atomic E-state index is 0.778. The quantitative estimate of drug-likeness (QED) is 0.368. The number of thiol groups is 1. The maximum Gasteiger partial charge on any atom is 0.0597 e. The summed E-state index contributed by atoms with van der Waals surface area (Å²) in [5.41, 5.74) is 3.10. The first-order valence-electron chi connectivity index (χ1n) is 3.51. The van der Waals surface area contributed by atoms with Crippen molar-refractivity contribution in [1.82, 2.24) is 0 Å². The molecular formula is C8H16OS. The molecule has 0 aromatic carbocycles. The van der Waals surface area contributed by atoms with Gasteiger partial charge in [0.1, 0.15) is 0 Å². The highest BCUT2D eigenvalue weighted by atomic mass is 32.1. The van der Waals surface area contributed by atoms with E-state index in [0.717, 1.165) is 18.8 Å². The van der Waals surface area contributed by atoms with E-state index in [1.54, 1.807) is 0 Å². The van der Waals surface area contributed by atoms with Crippen molar-refractivity contribution < 1.29 is 4.74 Å². The molecule has 0 saturated heterocycles. The average molecular weight is 160 g/mol. The molecule has 1 nitrogen and oxygen atoms in total. The normalized spacial score (nSPS) is 11.4. The summed E-state index contributed by atoms with van der Waals surface area (Å²) in [6.07, 6.45) is 1.10. The van der Waals surface area contributed by atoms with E-state index < -0.39 is 0 Å². The van der Waals surface area contributed by atoms with Crippen LogP contribution in [0.5, 0.6) is 0 Å². The van der Waals surface area contributed by atoms with Gasteiger partial charge in [-0.15, -0.1) is 6.58 Å². The summed E-state index contributed by atoms with van der Waals surface area (Å²) in [6.45, 7) is 8.63. The van der Waals surface area contributed by atoms with Crippen LogP contribution in [-0.4, -0.2) is 17.9 Å². The first-order valence-corrected chi connectivity index (χ1v) is 4.66. The van der Waals surface area contributed by atoms with E-state index in [9.17, 15) is 0 Å². The predicted molar refractivity (Wildman–Crippen MR) is 51.0 cm³/mol. The Bertz CT molecular complexity index is 118. The van der Waals surface area contributed by atoms with E-state index in [0.29, 0.717) is 0 Å². The summed E-state index contributed by atoms with van der Waals surface area (Å²) in [6, 6.07) is 0. The number of rotatable bonds is 5. The molecule has 0 N–H and O–H groups in total. The second-order valence-corrected chi connectivity index (χ2v) is 3.20. The van der Waals surface area contributed by atoms with Crippen LogP contribution < -0.4 is 0 Å². The molecule has 0 spiro atoms. The maximum atomic E-state index is 5.05. The highest BCUT2D eigenvalue weighted by Crippen LogP contribution is 1.98. The molecule has 0 atom stereocenters. The van der Waals surface area contributed by atoms with E-state index >= 15 is 0 Å². The first kappa shape index (κ1) is 9.92. The second kappa shape index (κ2) is 7.03. The number of hydrogen-bond donors (Lipinski definition) is 1. The van der Waals surface area contributed by atoms with E-state index in [4.69, 9.17) is 4.74 Å². The molecule has 0 rings (SSSR count). The molecule has 0 aromatic heterocycles. The van der Waals surface area contributed by atoms with Gasteiger partial charge in [-0.2, -0.15) is 11.4 Å². The highest BCUT2D eigenvalue weighted by molar-refractivity contribution is 7.97. The Morgan fingerprint density at radius 3 is 2.90 bits per heavy atom. The Hall–Kier alpha value is -0.0800. The Kier molecular flexibility index (Phi) is 6.98. The van der Waals surface area contributed by atoms with Crippen LogP contribution in [0.1, 0.15) is 20.3 Å². The molecule has 0 radical (unpaired) electrons. The second-order valence-electron chi connectivity index (χ2n) is 2.17. The van der Waals surface area contributed by atoms with Gasteiger partial charge >= 0.3 is 0 Å². The van der Waals surface area contributed by atoms with Gasteiger partial charge < -0.3 is 4.74 Å². The Morgan fingerprint density at radius 2 is 2.40 bits per heavy atom. The van der Waals surface area contributed by atoms with Crippen LogP contribution in [0.25, 0.3) is 0 Å². The zero-order chi connectivity index (χ0) is 7.82. The van der Waals surface area contributed by atoms with Gasteiger partial charge in [-0.3, -0.25) is 0 Å². The molecule has 0 fully saturated rings. The van der Waals surface area contributed by atoms with Crippen LogP contribution in [0.2, 0.25) is 0 Å². The fourth-order valence-electron chi connectivity index (χ4n) is 0.435. The van der Waals surface area contributed by atoms with Gasteiger partial charge in [-0.1, -0.05) is 5.57 Å². The van der Waals surface area contributed by atoms with Crippen LogP contribution in [0.15, 0.2) is 12.2 Å². The highest BCUT2D eigenvalue weighted by Gasteiger charge is 1.80. The van der Waals surface area contributed by atoms with Crippen molar-refractivity contribution in [3.63, 3.8) is 0 Å². The van der Waals surface area contributed by atoms with E-state index in [1.165, 1.54) is 16.9 Å². The minimum absolute atomic E-state index is 0.778. The van der Waals surface area contributed by atoms with Crippen LogP contribution in [0.3, 0.4) is 0 Å². The largest absolute Gasteiger partial charge is 0.348 e. The molecular weight excluding hydrogens is 144 g/mol. The molecule has 0 saturated carbocycles. The summed E-state index contributed by atoms with van der Waals surface area (Å²) in [7, 11) is 0. The topological polar surface area (TPSA) is 9.23 Å². The van der Waals surface area contributed by atoms with Crippen LogP contribution in [-0.2, 0) is 4.74 Å². The lowest BCUT2D eigenvalue weighted by Gasteiger charge is -1.93. The van der Waals surface area contributed by atoms with Gasteiger partial charge in [0.05, 0.1) is 12.2 Å². The molecule has 10 heavy (non-hydrogen) atoms. The van der Waals surface area contributed by atoms with Gasteiger partial charge in [0.2, 0.25) is 0 Å². The lowest BCUT2D eigenvalue weighted by molar-refractivity contribution is 0.351. The summed E-state index contributed by atoms with van der Waals surface area (Å²) in [5.74, 6) is 1.13. The fourth-order valence-corrected chi connectivity index (χ4v) is 1.31. The van der Waals surface area contributed by atoms with Crippen molar-refractivity contribution in [2.45, 2.75) is 20.3 Å². The molecule has 0 aliphatic carbocycles. The molecule has 0 unspecified atom stereocenters. The lowest BCUT2D eigenvalue weighted by atomic mass is 10.3. The predicted octanol–water partition coefficient (Wildman–Crippen LogP) is 2.21. The van der Waals surface area contributed by atoms with Crippen molar-refractivity contribution in [2.24, 2.45) is 0 Å². The number of allylic oxidation sites excluding steroid dienone is 1. The third kappa shape index (κ3) is 7.92. The van der Waals surface area contributed by atoms with Gasteiger partial charge in [0.25, 0.3) is 0 Å². The average Bonchev–Trinajstić information content (AvgIpc) is 1.87. The minimum Gasteiger partial charge on any atom is -0.348 e. The summed E-state index contributed by atoms with van der Waals surface area (Å²) in [5, 5.41) is 0. The van der Waals surface area contributed by atoms with Crippen LogP contribution in [0.4, 0.5) is 0 Å². The Balaban J connectivity index is 3.10. The lowest BCUT2D eigenvalue weighted by Crippen LogP contribution is -1.83. The SMILES string of the molecule is C=C(C)CC[SH]=COCC. The monoisotopic (exact) mass is 160 g/mol. The van der Waals surface area contributed by atoms with Crippen molar-refractivity contribution in [1.29, 1.82) is 0 Å². The molecule has 0 bridgehead atoms. The van der Waals surface area contributed by atoms with Gasteiger partial charge in [0, 0.05) is 0 Å². The molecule has 0 aromatic rings. The molecule has 2 heteroatoms. The summed E-state index contributed by atoms with van der Waals surface area (Å²) >= 11 is 1.26. The Morgan fingerprint density at radius 1 is 1.70 bits per heavy atom.